The minimum Gasteiger partial charge on any atom is -0.333 e. The Kier molecular flexibility index (Phi) is 8.19. The van der Waals surface area contributed by atoms with Gasteiger partial charge in [0.05, 0.1) is 23.0 Å². The lowest BCUT2D eigenvalue weighted by molar-refractivity contribution is -0.133. The second-order valence-electron chi connectivity index (χ2n) is 5.89. The standard InChI is InChI=1S/C18H18N4OS2.2ClH/c23-17(9-14-12-25-18(21-14)16-4-2-8-24-16)22-7-6-20-11-15(22)13-3-1-5-19-10-13;;/h1-5,8,10,12,15,20H,6-7,9,11H2;2*1H. The van der Waals surface area contributed by atoms with Gasteiger partial charge in [-0.3, -0.25) is 9.78 Å². The summed E-state index contributed by atoms with van der Waals surface area (Å²) < 4.78 is 0. The molecule has 4 heterocycles. The summed E-state index contributed by atoms with van der Waals surface area (Å²) in [6, 6.07) is 8.06. The molecule has 3 aromatic rings. The number of amides is 1. The molecule has 1 aliphatic rings. The zero-order valence-electron chi connectivity index (χ0n) is 14.4. The molecule has 1 amide bonds. The van der Waals surface area contributed by atoms with Crippen molar-refractivity contribution in [2.45, 2.75) is 12.5 Å². The van der Waals surface area contributed by atoms with Crippen LogP contribution in [0.3, 0.4) is 0 Å². The van der Waals surface area contributed by atoms with E-state index in [9.17, 15) is 4.79 Å². The maximum Gasteiger partial charge on any atom is 0.229 e. The summed E-state index contributed by atoms with van der Waals surface area (Å²) in [6.07, 6.45) is 3.95. The van der Waals surface area contributed by atoms with Crippen LogP contribution in [-0.4, -0.2) is 40.4 Å². The molecule has 144 valence electrons. The first-order chi connectivity index (χ1) is 12.3. The van der Waals surface area contributed by atoms with E-state index in [0.29, 0.717) is 13.0 Å². The van der Waals surface area contributed by atoms with E-state index in [4.69, 9.17) is 0 Å². The summed E-state index contributed by atoms with van der Waals surface area (Å²) in [4.78, 5) is 24.8. The van der Waals surface area contributed by atoms with E-state index < -0.39 is 0 Å². The first-order valence-corrected chi connectivity index (χ1v) is 9.95. The van der Waals surface area contributed by atoms with Crippen LogP contribution in [0.4, 0.5) is 0 Å². The molecule has 0 bridgehead atoms. The van der Waals surface area contributed by atoms with Crippen LogP contribution in [0.25, 0.3) is 9.88 Å². The Morgan fingerprint density at radius 2 is 2.15 bits per heavy atom. The van der Waals surface area contributed by atoms with Gasteiger partial charge in [0.25, 0.3) is 0 Å². The lowest BCUT2D eigenvalue weighted by Crippen LogP contribution is -2.49. The van der Waals surface area contributed by atoms with Crippen molar-refractivity contribution in [3.05, 3.63) is 58.7 Å². The van der Waals surface area contributed by atoms with E-state index in [0.717, 1.165) is 34.2 Å². The molecule has 0 aromatic carbocycles. The molecule has 1 aliphatic heterocycles. The van der Waals surface area contributed by atoms with Crippen LogP contribution in [0.2, 0.25) is 0 Å². The van der Waals surface area contributed by atoms with Crippen LogP contribution < -0.4 is 5.32 Å². The summed E-state index contributed by atoms with van der Waals surface area (Å²) in [5.41, 5.74) is 1.92. The molecule has 9 heteroatoms. The molecular weight excluding hydrogens is 423 g/mol. The second kappa shape index (κ2) is 10.1. The smallest absolute Gasteiger partial charge is 0.229 e. The maximum absolute atomic E-state index is 12.9. The number of thiazole rings is 1. The molecule has 1 atom stereocenters. The van der Waals surface area contributed by atoms with E-state index in [2.05, 4.69) is 21.4 Å². The highest BCUT2D eigenvalue weighted by molar-refractivity contribution is 7.20. The van der Waals surface area contributed by atoms with Crippen molar-refractivity contribution in [3.63, 3.8) is 0 Å². The summed E-state index contributed by atoms with van der Waals surface area (Å²) in [5, 5.41) is 8.40. The van der Waals surface area contributed by atoms with Gasteiger partial charge in [0.2, 0.25) is 5.91 Å². The SMILES string of the molecule is Cl.Cl.O=C(Cc1csc(-c2cccs2)n1)N1CCNCC1c1cccnc1. The zero-order chi connectivity index (χ0) is 17.1. The molecule has 3 aromatic heterocycles. The predicted octanol–water partition coefficient (Wildman–Crippen LogP) is 3.83. The number of rotatable bonds is 4. The topological polar surface area (TPSA) is 58.1 Å². The Morgan fingerprint density at radius 3 is 2.89 bits per heavy atom. The zero-order valence-corrected chi connectivity index (χ0v) is 17.7. The lowest BCUT2D eigenvalue weighted by atomic mass is 10.0. The van der Waals surface area contributed by atoms with Crippen molar-refractivity contribution in [1.29, 1.82) is 0 Å². The maximum atomic E-state index is 12.9. The number of aromatic nitrogens is 2. The third kappa shape index (κ3) is 5.06. The van der Waals surface area contributed by atoms with Gasteiger partial charge in [-0.1, -0.05) is 12.1 Å². The third-order valence-corrected chi connectivity index (χ3v) is 6.18. The highest BCUT2D eigenvalue weighted by Crippen LogP contribution is 2.28. The summed E-state index contributed by atoms with van der Waals surface area (Å²) in [6.45, 7) is 2.29. The summed E-state index contributed by atoms with van der Waals surface area (Å²) in [5.74, 6) is 0.124. The summed E-state index contributed by atoms with van der Waals surface area (Å²) in [7, 11) is 0. The van der Waals surface area contributed by atoms with Gasteiger partial charge >= 0.3 is 0 Å². The number of pyridine rings is 1. The van der Waals surface area contributed by atoms with E-state index in [1.54, 1.807) is 28.9 Å². The van der Waals surface area contributed by atoms with Crippen LogP contribution in [0.1, 0.15) is 17.3 Å². The van der Waals surface area contributed by atoms with Crippen LogP contribution in [0, 0.1) is 0 Å². The van der Waals surface area contributed by atoms with Crippen LogP contribution in [0.15, 0.2) is 47.4 Å². The van der Waals surface area contributed by atoms with Gasteiger partial charge in [0, 0.05) is 37.4 Å². The second-order valence-corrected chi connectivity index (χ2v) is 7.70. The lowest BCUT2D eigenvalue weighted by Gasteiger charge is -2.36. The van der Waals surface area contributed by atoms with Crippen LogP contribution in [-0.2, 0) is 11.2 Å². The first kappa shape index (κ1) is 21.8. The Bertz CT molecular complexity index is 842. The van der Waals surface area contributed by atoms with E-state index in [1.807, 2.05) is 40.1 Å². The van der Waals surface area contributed by atoms with E-state index in [-0.39, 0.29) is 36.8 Å². The number of nitrogens with zero attached hydrogens (tertiary/aromatic N) is 3. The van der Waals surface area contributed by atoms with Crippen molar-refractivity contribution in [2.75, 3.05) is 19.6 Å². The fourth-order valence-corrected chi connectivity index (χ4v) is 4.67. The summed E-state index contributed by atoms with van der Waals surface area (Å²) >= 11 is 3.27. The van der Waals surface area contributed by atoms with Crippen molar-refractivity contribution >= 4 is 53.4 Å². The molecule has 0 aliphatic carbocycles. The first-order valence-electron chi connectivity index (χ1n) is 8.19. The number of piperazine rings is 1. The third-order valence-electron chi connectivity index (χ3n) is 4.25. The Labute approximate surface area is 178 Å². The number of halogens is 2. The molecule has 0 spiro atoms. The van der Waals surface area contributed by atoms with E-state index >= 15 is 0 Å². The van der Waals surface area contributed by atoms with Gasteiger partial charge < -0.3 is 10.2 Å². The predicted molar refractivity (Wildman–Crippen MR) is 115 cm³/mol. The van der Waals surface area contributed by atoms with Gasteiger partial charge in [-0.15, -0.1) is 47.5 Å². The quantitative estimate of drug-likeness (QED) is 0.666. The largest absolute Gasteiger partial charge is 0.333 e. The van der Waals surface area contributed by atoms with Crippen LogP contribution >= 0.6 is 47.5 Å². The van der Waals surface area contributed by atoms with Crippen molar-refractivity contribution in [3.8, 4) is 9.88 Å². The normalized spacial score (nSPS) is 16.3. The highest BCUT2D eigenvalue weighted by Gasteiger charge is 2.28. The molecule has 0 radical (unpaired) electrons. The molecule has 1 fully saturated rings. The Hall–Kier alpha value is -1.51. The fourth-order valence-electron chi connectivity index (χ4n) is 3.03. The monoisotopic (exact) mass is 442 g/mol. The van der Waals surface area contributed by atoms with Gasteiger partial charge in [-0.2, -0.15) is 0 Å². The van der Waals surface area contributed by atoms with Crippen molar-refractivity contribution in [2.24, 2.45) is 0 Å². The number of thiophene rings is 1. The van der Waals surface area contributed by atoms with Gasteiger partial charge in [0.15, 0.2) is 0 Å². The molecule has 1 saturated heterocycles. The van der Waals surface area contributed by atoms with Crippen molar-refractivity contribution < 1.29 is 4.79 Å². The average molecular weight is 443 g/mol. The highest BCUT2D eigenvalue weighted by atomic mass is 35.5. The minimum absolute atomic E-state index is 0. The molecule has 27 heavy (non-hydrogen) atoms. The molecule has 4 rings (SSSR count). The van der Waals surface area contributed by atoms with E-state index in [1.165, 1.54) is 0 Å². The Morgan fingerprint density at radius 1 is 1.26 bits per heavy atom. The van der Waals surface area contributed by atoms with Crippen molar-refractivity contribution in [1.82, 2.24) is 20.2 Å². The Balaban J connectivity index is 0.00000131. The number of carbonyl (C=O) groups is 1. The molecule has 5 nitrogen and oxygen atoms in total. The van der Waals surface area contributed by atoms with Gasteiger partial charge in [-0.25, -0.2) is 4.98 Å². The number of hydrogen-bond donors (Lipinski definition) is 1. The molecule has 0 saturated carbocycles. The average Bonchev–Trinajstić information content (AvgIpc) is 3.34. The molecular formula is C18H20Cl2N4OS2. The fraction of sp³-hybridized carbons (Fsp3) is 0.278. The number of nitrogens with one attached hydrogen (secondary N) is 1. The number of hydrogen-bond acceptors (Lipinski definition) is 6. The minimum atomic E-state index is 0. The van der Waals surface area contributed by atoms with Crippen LogP contribution in [0.5, 0.6) is 0 Å². The van der Waals surface area contributed by atoms with Gasteiger partial charge in [0.1, 0.15) is 5.01 Å². The number of carbonyl (C=O) groups excluding carboxylic acids is 1. The van der Waals surface area contributed by atoms with Gasteiger partial charge in [-0.05, 0) is 23.1 Å². The molecule has 1 unspecified atom stereocenters. The molecule has 1 N–H and O–H groups in total.